The summed E-state index contributed by atoms with van der Waals surface area (Å²) in [6.45, 7) is 2.55. The zero-order valence-corrected chi connectivity index (χ0v) is 15.9. The minimum atomic E-state index is -0.171. The van der Waals surface area contributed by atoms with E-state index in [1.807, 2.05) is 30.3 Å². The van der Waals surface area contributed by atoms with Crippen molar-refractivity contribution in [2.75, 3.05) is 13.7 Å². The van der Waals surface area contributed by atoms with E-state index in [1.54, 1.807) is 24.5 Å². The van der Waals surface area contributed by atoms with Crippen LogP contribution in [-0.2, 0) is 16.0 Å². The first-order valence-corrected chi connectivity index (χ1v) is 9.63. The predicted molar refractivity (Wildman–Crippen MR) is 106 cm³/mol. The van der Waals surface area contributed by atoms with E-state index < -0.39 is 0 Å². The van der Waals surface area contributed by atoms with Gasteiger partial charge >= 0.3 is 5.97 Å². The Morgan fingerprint density at radius 1 is 1.08 bits per heavy atom. The number of benzene rings is 2. The molecule has 26 heavy (non-hydrogen) atoms. The molecule has 5 heteroatoms. The van der Waals surface area contributed by atoms with Crippen LogP contribution < -0.4 is 10.2 Å². The number of carbonyl (C=O) groups is 1. The van der Waals surface area contributed by atoms with Crippen LogP contribution in [-0.4, -0.2) is 19.7 Å². The van der Waals surface area contributed by atoms with Gasteiger partial charge in [0.25, 0.3) is 0 Å². The Bertz CT molecular complexity index is 990. The molecular formula is C21H22O4S. The molecule has 2 aromatic carbocycles. The van der Waals surface area contributed by atoms with Crippen LogP contribution in [0.1, 0.15) is 31.7 Å². The van der Waals surface area contributed by atoms with Crippen molar-refractivity contribution in [1.29, 1.82) is 0 Å². The van der Waals surface area contributed by atoms with E-state index in [0.717, 1.165) is 33.6 Å². The lowest BCUT2D eigenvalue weighted by Crippen LogP contribution is -2.07. The second kappa shape index (κ2) is 8.32. The lowest BCUT2D eigenvalue weighted by molar-refractivity contribution is -0.143. The van der Waals surface area contributed by atoms with Crippen molar-refractivity contribution < 1.29 is 14.3 Å². The van der Waals surface area contributed by atoms with Crippen molar-refractivity contribution in [3.8, 4) is 5.75 Å². The van der Waals surface area contributed by atoms with E-state index in [0.29, 0.717) is 30.2 Å². The van der Waals surface area contributed by atoms with Gasteiger partial charge in [-0.1, -0.05) is 19.4 Å². The quantitative estimate of drug-likeness (QED) is 0.344. The molecule has 0 fully saturated rings. The topological polar surface area (TPSA) is 52.6 Å². The molecule has 0 saturated carbocycles. The monoisotopic (exact) mass is 370 g/mol. The summed E-state index contributed by atoms with van der Waals surface area (Å²) >= 11 is 1.56. The van der Waals surface area contributed by atoms with E-state index in [1.165, 1.54) is 0 Å². The average molecular weight is 370 g/mol. The van der Waals surface area contributed by atoms with Crippen LogP contribution in [0.5, 0.6) is 5.75 Å². The second-order valence-corrected chi connectivity index (χ2v) is 7.28. The first-order chi connectivity index (χ1) is 12.6. The number of methoxy groups -OCH3 is 1. The van der Waals surface area contributed by atoms with Crippen molar-refractivity contribution in [1.82, 2.24) is 0 Å². The third-order valence-electron chi connectivity index (χ3n) is 4.32. The van der Waals surface area contributed by atoms with Gasteiger partial charge in [-0.15, -0.1) is 11.3 Å². The number of fused-ring (bicyclic) bond motifs is 2. The molecule has 1 aromatic heterocycles. The van der Waals surface area contributed by atoms with Gasteiger partial charge in [0.2, 0.25) is 0 Å². The van der Waals surface area contributed by atoms with Crippen LogP contribution in [0, 0.1) is 0 Å². The molecule has 136 valence electrons. The van der Waals surface area contributed by atoms with Gasteiger partial charge in [0.1, 0.15) is 5.75 Å². The summed E-state index contributed by atoms with van der Waals surface area (Å²) in [5.41, 5.74) is 1.06. The standard InChI is InChI=1S/C21H22O4S/c1-3-4-11-25-20(22)10-6-14-5-8-16-18(12-14)26-19-13-15(24-2)7-9-17(19)21(16)23/h5,7-9,12-13H,3-4,6,10-11H2,1-2H3. The van der Waals surface area contributed by atoms with Gasteiger partial charge in [-0.2, -0.15) is 0 Å². The first-order valence-electron chi connectivity index (χ1n) is 8.81. The van der Waals surface area contributed by atoms with Gasteiger partial charge in [-0.25, -0.2) is 0 Å². The van der Waals surface area contributed by atoms with E-state index in [9.17, 15) is 9.59 Å². The average Bonchev–Trinajstić information content (AvgIpc) is 2.66. The molecule has 3 rings (SSSR count). The van der Waals surface area contributed by atoms with Crippen LogP contribution in [0.15, 0.2) is 41.2 Å². The summed E-state index contributed by atoms with van der Waals surface area (Å²) in [7, 11) is 1.61. The molecule has 0 atom stereocenters. The molecule has 0 saturated heterocycles. The van der Waals surface area contributed by atoms with Crippen LogP contribution in [0.3, 0.4) is 0 Å². The Morgan fingerprint density at radius 2 is 1.81 bits per heavy atom. The number of unbranched alkanes of at least 4 members (excludes halogenated alkanes) is 1. The van der Waals surface area contributed by atoms with Crippen molar-refractivity contribution in [2.45, 2.75) is 32.6 Å². The highest BCUT2D eigenvalue weighted by Gasteiger charge is 2.09. The van der Waals surface area contributed by atoms with Gasteiger partial charge in [0.15, 0.2) is 5.43 Å². The number of rotatable bonds is 7. The molecule has 3 aromatic rings. The Morgan fingerprint density at radius 3 is 2.54 bits per heavy atom. The van der Waals surface area contributed by atoms with Crippen LogP contribution >= 0.6 is 11.3 Å². The largest absolute Gasteiger partial charge is 0.497 e. The van der Waals surface area contributed by atoms with Crippen molar-refractivity contribution in [2.24, 2.45) is 0 Å². The Hall–Kier alpha value is -2.40. The molecule has 0 spiro atoms. The smallest absolute Gasteiger partial charge is 0.306 e. The Kier molecular flexibility index (Phi) is 5.89. The third kappa shape index (κ3) is 4.05. The van der Waals surface area contributed by atoms with Crippen molar-refractivity contribution in [3.05, 3.63) is 52.2 Å². The Balaban J connectivity index is 1.84. The highest BCUT2D eigenvalue weighted by atomic mass is 32.1. The molecule has 0 radical (unpaired) electrons. The number of hydrogen-bond donors (Lipinski definition) is 0. The molecule has 1 heterocycles. The molecule has 0 aliphatic heterocycles. The molecule has 0 unspecified atom stereocenters. The number of esters is 1. The highest BCUT2D eigenvalue weighted by Crippen LogP contribution is 2.28. The summed E-state index contributed by atoms with van der Waals surface area (Å²) in [6.07, 6.45) is 2.87. The van der Waals surface area contributed by atoms with Gasteiger partial charge in [-0.3, -0.25) is 9.59 Å². The van der Waals surface area contributed by atoms with Gasteiger partial charge in [0.05, 0.1) is 13.7 Å². The van der Waals surface area contributed by atoms with Crippen LogP contribution in [0.4, 0.5) is 0 Å². The fourth-order valence-electron chi connectivity index (χ4n) is 2.81. The minimum Gasteiger partial charge on any atom is -0.497 e. The van der Waals surface area contributed by atoms with Crippen molar-refractivity contribution in [3.63, 3.8) is 0 Å². The van der Waals surface area contributed by atoms with E-state index in [2.05, 4.69) is 6.92 Å². The summed E-state index contributed by atoms with van der Waals surface area (Å²) in [5.74, 6) is 0.563. The van der Waals surface area contributed by atoms with E-state index in [-0.39, 0.29) is 11.4 Å². The minimum absolute atomic E-state index is 0.0296. The third-order valence-corrected chi connectivity index (χ3v) is 5.44. The lowest BCUT2D eigenvalue weighted by atomic mass is 10.1. The van der Waals surface area contributed by atoms with Gasteiger partial charge < -0.3 is 9.47 Å². The summed E-state index contributed by atoms with van der Waals surface area (Å²) in [6, 6.07) is 11.3. The molecular weight excluding hydrogens is 348 g/mol. The van der Waals surface area contributed by atoms with Crippen molar-refractivity contribution >= 4 is 37.5 Å². The summed E-state index contributed by atoms with van der Waals surface area (Å²) in [4.78, 5) is 24.5. The van der Waals surface area contributed by atoms with Gasteiger partial charge in [-0.05, 0) is 48.7 Å². The SMILES string of the molecule is CCCCOC(=O)CCc1ccc2c(=O)c3ccc(OC)cc3sc2c1. The lowest BCUT2D eigenvalue weighted by Gasteiger charge is -2.07. The summed E-state index contributed by atoms with van der Waals surface area (Å²) in [5, 5.41) is 1.41. The van der Waals surface area contributed by atoms with Crippen LogP contribution in [0.25, 0.3) is 20.2 Å². The van der Waals surface area contributed by atoms with Gasteiger partial charge in [0, 0.05) is 26.6 Å². The molecule has 0 N–H and O–H groups in total. The zero-order chi connectivity index (χ0) is 18.5. The fraction of sp³-hybridized carbons (Fsp3) is 0.333. The second-order valence-electron chi connectivity index (χ2n) is 6.20. The molecule has 4 nitrogen and oxygen atoms in total. The number of hydrogen-bond acceptors (Lipinski definition) is 5. The van der Waals surface area contributed by atoms with E-state index in [4.69, 9.17) is 9.47 Å². The number of carbonyl (C=O) groups excluding carboxylic acids is 1. The number of ether oxygens (including phenoxy) is 2. The maximum absolute atomic E-state index is 12.7. The predicted octanol–water partition coefficient (Wildman–Crippen LogP) is 4.70. The molecule has 0 aliphatic rings. The van der Waals surface area contributed by atoms with E-state index >= 15 is 0 Å². The number of aryl methyl sites for hydroxylation is 1. The maximum atomic E-state index is 12.7. The summed E-state index contributed by atoms with van der Waals surface area (Å²) < 4.78 is 12.3. The molecule has 0 aliphatic carbocycles. The highest BCUT2D eigenvalue weighted by molar-refractivity contribution is 7.24. The normalized spacial score (nSPS) is 11.0. The molecule has 0 bridgehead atoms. The fourth-order valence-corrected chi connectivity index (χ4v) is 3.97. The maximum Gasteiger partial charge on any atom is 0.306 e. The zero-order valence-electron chi connectivity index (χ0n) is 15.0. The van der Waals surface area contributed by atoms with Crippen LogP contribution in [0.2, 0.25) is 0 Å². The first kappa shape index (κ1) is 18.4. The Labute approximate surface area is 156 Å². The molecule has 0 amide bonds.